The summed E-state index contributed by atoms with van der Waals surface area (Å²) in [5.41, 5.74) is 0.760. The molecule has 1 aromatic heterocycles. The van der Waals surface area contributed by atoms with Crippen molar-refractivity contribution in [3.8, 4) is 5.75 Å². The average molecular weight is 325 g/mol. The van der Waals surface area contributed by atoms with Crippen LogP contribution in [-0.2, 0) is 11.3 Å². The molecule has 0 unspecified atom stereocenters. The minimum absolute atomic E-state index is 0.0176. The lowest BCUT2D eigenvalue weighted by atomic mass is 10.2. The van der Waals surface area contributed by atoms with Gasteiger partial charge in [0.2, 0.25) is 0 Å². The van der Waals surface area contributed by atoms with E-state index in [0.29, 0.717) is 5.75 Å². The molecule has 22 heavy (non-hydrogen) atoms. The van der Waals surface area contributed by atoms with Crippen LogP contribution >= 0.6 is 11.8 Å². The standard InChI is InChI=1S/C15H13F2NO3S/c1-20-11-5-2-4-10(8-11)9-21-14(19)12-6-3-7-18-13(12)22-15(16)17/h2-8,15H,9H2,1H3. The van der Waals surface area contributed by atoms with Crippen LogP contribution in [-0.4, -0.2) is 23.8 Å². The van der Waals surface area contributed by atoms with Gasteiger partial charge in [0.15, 0.2) is 0 Å². The molecule has 0 bridgehead atoms. The first-order valence-corrected chi connectivity index (χ1v) is 7.18. The van der Waals surface area contributed by atoms with Crippen molar-refractivity contribution in [2.75, 3.05) is 7.11 Å². The monoisotopic (exact) mass is 325 g/mol. The Bertz CT molecular complexity index is 652. The molecule has 0 aliphatic rings. The quantitative estimate of drug-likeness (QED) is 0.598. The number of aromatic nitrogens is 1. The second kappa shape index (κ2) is 7.74. The summed E-state index contributed by atoms with van der Waals surface area (Å²) < 4.78 is 35.1. The Balaban J connectivity index is 2.06. The van der Waals surface area contributed by atoms with Crippen molar-refractivity contribution in [1.82, 2.24) is 4.98 Å². The number of nitrogens with zero attached hydrogens (tertiary/aromatic N) is 1. The molecule has 1 aromatic carbocycles. The first-order valence-electron chi connectivity index (χ1n) is 6.30. The zero-order valence-electron chi connectivity index (χ0n) is 11.7. The van der Waals surface area contributed by atoms with E-state index in [4.69, 9.17) is 9.47 Å². The smallest absolute Gasteiger partial charge is 0.341 e. The fourth-order valence-corrected chi connectivity index (χ4v) is 2.28. The molecular weight excluding hydrogens is 312 g/mol. The van der Waals surface area contributed by atoms with Crippen LogP contribution in [0.25, 0.3) is 0 Å². The third kappa shape index (κ3) is 4.42. The Morgan fingerprint density at radius 1 is 1.32 bits per heavy atom. The number of carbonyl (C=O) groups excluding carboxylic acids is 1. The fourth-order valence-electron chi connectivity index (χ4n) is 1.71. The zero-order chi connectivity index (χ0) is 15.9. The lowest BCUT2D eigenvalue weighted by Gasteiger charge is -2.09. The van der Waals surface area contributed by atoms with Crippen molar-refractivity contribution in [3.63, 3.8) is 0 Å². The van der Waals surface area contributed by atoms with Crippen molar-refractivity contribution in [1.29, 1.82) is 0 Å². The number of ether oxygens (including phenoxy) is 2. The van der Waals surface area contributed by atoms with Gasteiger partial charge in [-0.15, -0.1) is 0 Å². The van der Waals surface area contributed by atoms with E-state index in [1.807, 2.05) is 0 Å². The summed E-state index contributed by atoms with van der Waals surface area (Å²) >= 11 is 0.216. The lowest BCUT2D eigenvalue weighted by Crippen LogP contribution is -2.08. The van der Waals surface area contributed by atoms with Gasteiger partial charge in [-0.1, -0.05) is 12.1 Å². The van der Waals surface area contributed by atoms with E-state index in [9.17, 15) is 13.6 Å². The van der Waals surface area contributed by atoms with Gasteiger partial charge in [-0.05, 0) is 41.6 Å². The van der Waals surface area contributed by atoms with Crippen LogP contribution in [0.5, 0.6) is 5.75 Å². The van der Waals surface area contributed by atoms with Gasteiger partial charge >= 0.3 is 5.97 Å². The number of rotatable bonds is 6. The van der Waals surface area contributed by atoms with Gasteiger partial charge in [-0.2, -0.15) is 8.78 Å². The summed E-state index contributed by atoms with van der Waals surface area (Å²) in [6.45, 7) is 0.0176. The van der Waals surface area contributed by atoms with Crippen molar-refractivity contribution in [3.05, 3.63) is 53.7 Å². The average Bonchev–Trinajstić information content (AvgIpc) is 2.53. The van der Waals surface area contributed by atoms with Crippen molar-refractivity contribution in [2.24, 2.45) is 0 Å². The predicted octanol–water partition coefficient (Wildman–Crippen LogP) is 3.76. The number of thioether (sulfide) groups is 1. The highest BCUT2D eigenvalue weighted by Gasteiger charge is 2.17. The third-order valence-electron chi connectivity index (χ3n) is 2.70. The Morgan fingerprint density at radius 2 is 2.14 bits per heavy atom. The maximum atomic E-state index is 12.5. The molecule has 0 aliphatic carbocycles. The van der Waals surface area contributed by atoms with Gasteiger partial charge in [0.05, 0.1) is 12.7 Å². The maximum Gasteiger partial charge on any atom is 0.341 e. The van der Waals surface area contributed by atoms with Crippen LogP contribution in [0.1, 0.15) is 15.9 Å². The molecule has 116 valence electrons. The predicted molar refractivity (Wildman–Crippen MR) is 78.2 cm³/mol. The molecule has 7 heteroatoms. The summed E-state index contributed by atoms with van der Waals surface area (Å²) in [6.07, 6.45) is 1.35. The summed E-state index contributed by atoms with van der Waals surface area (Å²) in [4.78, 5) is 15.8. The van der Waals surface area contributed by atoms with Crippen molar-refractivity contribution >= 4 is 17.7 Å². The Labute approximate surface area is 130 Å². The number of benzene rings is 1. The zero-order valence-corrected chi connectivity index (χ0v) is 12.5. The lowest BCUT2D eigenvalue weighted by molar-refractivity contribution is 0.0467. The van der Waals surface area contributed by atoms with Gasteiger partial charge in [-0.3, -0.25) is 0 Å². The van der Waals surface area contributed by atoms with E-state index in [-0.39, 0.29) is 29.0 Å². The molecular formula is C15H13F2NO3S. The minimum Gasteiger partial charge on any atom is -0.497 e. The van der Waals surface area contributed by atoms with E-state index in [0.717, 1.165) is 5.56 Å². The van der Waals surface area contributed by atoms with Gasteiger partial charge < -0.3 is 9.47 Å². The summed E-state index contributed by atoms with van der Waals surface area (Å²) in [5, 5.41) is -0.0480. The minimum atomic E-state index is -2.65. The van der Waals surface area contributed by atoms with Crippen LogP contribution in [0, 0.1) is 0 Å². The van der Waals surface area contributed by atoms with Crippen LogP contribution in [0.3, 0.4) is 0 Å². The summed E-state index contributed by atoms with van der Waals surface area (Å²) in [6, 6.07) is 9.94. The maximum absolute atomic E-state index is 12.5. The van der Waals surface area contributed by atoms with Crippen molar-refractivity contribution < 1.29 is 23.0 Å². The van der Waals surface area contributed by atoms with Gasteiger partial charge in [0.25, 0.3) is 5.76 Å². The summed E-state index contributed by atoms with van der Waals surface area (Å²) in [5.74, 6) is -2.71. The molecule has 0 spiro atoms. The SMILES string of the molecule is COc1cccc(COC(=O)c2cccnc2SC(F)F)c1. The molecule has 0 aliphatic heterocycles. The number of esters is 1. The summed E-state index contributed by atoms with van der Waals surface area (Å²) in [7, 11) is 1.54. The Hall–Kier alpha value is -2.15. The van der Waals surface area contributed by atoms with E-state index in [2.05, 4.69) is 4.98 Å². The Morgan fingerprint density at radius 3 is 2.86 bits per heavy atom. The second-order valence-electron chi connectivity index (χ2n) is 4.16. The molecule has 4 nitrogen and oxygen atoms in total. The van der Waals surface area contributed by atoms with E-state index >= 15 is 0 Å². The number of carbonyl (C=O) groups is 1. The highest BCUT2D eigenvalue weighted by atomic mass is 32.2. The molecule has 0 atom stereocenters. The number of methoxy groups -OCH3 is 1. The molecule has 2 aromatic rings. The number of hydrogen-bond acceptors (Lipinski definition) is 5. The molecule has 0 saturated carbocycles. The molecule has 1 heterocycles. The van der Waals surface area contributed by atoms with E-state index < -0.39 is 11.7 Å². The first-order chi connectivity index (χ1) is 10.6. The van der Waals surface area contributed by atoms with Gasteiger partial charge in [0, 0.05) is 6.20 Å². The molecule has 0 radical (unpaired) electrons. The molecule has 0 N–H and O–H groups in total. The van der Waals surface area contributed by atoms with Gasteiger partial charge in [0.1, 0.15) is 17.4 Å². The fraction of sp³-hybridized carbons (Fsp3) is 0.200. The van der Waals surface area contributed by atoms with E-state index in [1.54, 1.807) is 24.3 Å². The molecule has 2 rings (SSSR count). The van der Waals surface area contributed by atoms with Crippen LogP contribution < -0.4 is 4.74 Å². The number of hydrogen-bond donors (Lipinski definition) is 0. The first kappa shape index (κ1) is 16.2. The highest BCUT2D eigenvalue weighted by molar-refractivity contribution is 7.99. The number of halogens is 2. The highest BCUT2D eigenvalue weighted by Crippen LogP contribution is 2.27. The largest absolute Gasteiger partial charge is 0.497 e. The third-order valence-corrected chi connectivity index (χ3v) is 3.42. The molecule has 0 amide bonds. The number of pyridine rings is 1. The van der Waals surface area contributed by atoms with Crippen LogP contribution in [0.4, 0.5) is 8.78 Å². The van der Waals surface area contributed by atoms with Gasteiger partial charge in [-0.25, -0.2) is 9.78 Å². The normalized spacial score (nSPS) is 10.5. The Kier molecular flexibility index (Phi) is 5.71. The molecule has 0 saturated heterocycles. The van der Waals surface area contributed by atoms with E-state index in [1.165, 1.54) is 25.4 Å². The van der Waals surface area contributed by atoms with Crippen LogP contribution in [0.2, 0.25) is 0 Å². The topological polar surface area (TPSA) is 48.4 Å². The molecule has 0 fully saturated rings. The van der Waals surface area contributed by atoms with Crippen LogP contribution in [0.15, 0.2) is 47.6 Å². The second-order valence-corrected chi connectivity index (χ2v) is 5.14. The number of alkyl halides is 2. The van der Waals surface area contributed by atoms with Crippen molar-refractivity contribution in [2.45, 2.75) is 17.4 Å².